The van der Waals surface area contributed by atoms with Gasteiger partial charge < -0.3 is 9.84 Å². The summed E-state index contributed by atoms with van der Waals surface area (Å²) in [6.07, 6.45) is -4.95. The number of alkyl halides is 3. The highest BCUT2D eigenvalue weighted by Gasteiger charge is 2.30. The summed E-state index contributed by atoms with van der Waals surface area (Å²) in [5, 5.41) is 8.71. The van der Waals surface area contributed by atoms with E-state index in [0.717, 1.165) is 0 Å². The van der Waals surface area contributed by atoms with Crippen molar-refractivity contribution in [3.8, 4) is 17.0 Å². The smallest absolute Gasteiger partial charge is 0.481 e. The number of ether oxygens (including phenoxy) is 1. The van der Waals surface area contributed by atoms with E-state index in [1.54, 1.807) is 18.2 Å². The number of hydrogen-bond donors (Lipinski definition) is 1. The highest BCUT2D eigenvalue weighted by Crippen LogP contribution is 2.25. The predicted molar refractivity (Wildman–Crippen MR) is 67.7 cm³/mol. The van der Waals surface area contributed by atoms with Crippen molar-refractivity contribution >= 4 is 5.97 Å². The second kappa shape index (κ2) is 5.82. The number of rotatable bonds is 4. The third kappa shape index (κ3) is 4.48. The number of nitrogens with zero attached hydrogens (tertiary/aromatic N) is 1. The van der Waals surface area contributed by atoms with Crippen LogP contribution in [0.25, 0.3) is 11.3 Å². The Kier molecular flexibility index (Phi) is 4.11. The number of hydrogen-bond acceptors (Lipinski definition) is 3. The molecule has 4 nitrogen and oxygen atoms in total. The molecule has 2 rings (SSSR count). The van der Waals surface area contributed by atoms with Crippen molar-refractivity contribution in [1.82, 2.24) is 4.98 Å². The van der Waals surface area contributed by atoms with Crippen molar-refractivity contribution in [3.05, 3.63) is 48.2 Å². The fourth-order valence-corrected chi connectivity index (χ4v) is 1.72. The second-order valence-corrected chi connectivity index (χ2v) is 4.16. The molecule has 0 spiro atoms. The maximum atomic E-state index is 12.0. The molecule has 1 N–H and O–H groups in total. The minimum atomic E-state index is -4.73. The number of benzene rings is 1. The van der Waals surface area contributed by atoms with Crippen molar-refractivity contribution < 1.29 is 27.8 Å². The maximum absolute atomic E-state index is 12.0. The van der Waals surface area contributed by atoms with Crippen LogP contribution in [0.15, 0.2) is 42.5 Å². The lowest BCUT2D eigenvalue weighted by Gasteiger charge is -2.09. The minimum absolute atomic E-state index is 0.219. The molecule has 0 bridgehead atoms. The molecule has 1 aromatic heterocycles. The number of carbonyl (C=O) groups is 1. The molecule has 0 fully saturated rings. The van der Waals surface area contributed by atoms with Crippen LogP contribution < -0.4 is 4.74 Å². The van der Waals surface area contributed by atoms with Crippen LogP contribution in [0.4, 0.5) is 13.2 Å². The van der Waals surface area contributed by atoms with Crippen LogP contribution in [0, 0.1) is 0 Å². The highest BCUT2D eigenvalue weighted by molar-refractivity contribution is 5.70. The largest absolute Gasteiger partial charge is 0.573 e. The Hall–Kier alpha value is -2.57. The molecule has 7 heteroatoms. The molecule has 0 radical (unpaired) electrons. The van der Waals surface area contributed by atoms with Crippen molar-refractivity contribution in [2.24, 2.45) is 0 Å². The molecule has 0 saturated heterocycles. The van der Waals surface area contributed by atoms with Crippen LogP contribution in [0.3, 0.4) is 0 Å². The Morgan fingerprint density at radius 1 is 1.14 bits per heavy atom. The van der Waals surface area contributed by atoms with Gasteiger partial charge in [-0.2, -0.15) is 0 Å². The first-order chi connectivity index (χ1) is 9.83. The summed E-state index contributed by atoms with van der Waals surface area (Å²) >= 11 is 0. The Morgan fingerprint density at radius 2 is 1.81 bits per heavy atom. The molecule has 110 valence electrons. The zero-order valence-corrected chi connectivity index (χ0v) is 10.6. The molecule has 0 amide bonds. The van der Waals surface area contributed by atoms with Gasteiger partial charge in [0, 0.05) is 5.56 Å². The fourth-order valence-electron chi connectivity index (χ4n) is 1.72. The van der Waals surface area contributed by atoms with E-state index in [1.807, 2.05) is 0 Å². The van der Waals surface area contributed by atoms with Gasteiger partial charge in [0.1, 0.15) is 5.75 Å². The topological polar surface area (TPSA) is 59.4 Å². The van der Waals surface area contributed by atoms with Gasteiger partial charge in [-0.05, 0) is 36.4 Å². The number of halogens is 3. The fraction of sp³-hybridized carbons (Fsp3) is 0.143. The van der Waals surface area contributed by atoms with Gasteiger partial charge in [-0.15, -0.1) is 13.2 Å². The van der Waals surface area contributed by atoms with Gasteiger partial charge in [0.05, 0.1) is 17.8 Å². The molecule has 0 aliphatic carbocycles. The van der Waals surface area contributed by atoms with E-state index in [0.29, 0.717) is 17.0 Å². The van der Waals surface area contributed by atoms with Gasteiger partial charge in [0.2, 0.25) is 0 Å². The van der Waals surface area contributed by atoms with Crippen molar-refractivity contribution in [2.75, 3.05) is 0 Å². The molecule has 21 heavy (non-hydrogen) atoms. The molecule has 0 saturated carbocycles. The molecule has 0 atom stereocenters. The maximum Gasteiger partial charge on any atom is 0.573 e. The lowest BCUT2D eigenvalue weighted by molar-refractivity contribution is -0.274. The van der Waals surface area contributed by atoms with Crippen LogP contribution >= 0.6 is 0 Å². The Bertz CT molecular complexity index is 639. The Morgan fingerprint density at radius 3 is 2.38 bits per heavy atom. The Balaban J connectivity index is 2.20. The summed E-state index contributed by atoms with van der Waals surface area (Å²) in [4.78, 5) is 14.8. The second-order valence-electron chi connectivity index (χ2n) is 4.16. The van der Waals surface area contributed by atoms with Crippen LogP contribution in [0.5, 0.6) is 5.75 Å². The highest BCUT2D eigenvalue weighted by atomic mass is 19.4. The number of pyridine rings is 1. The Labute approximate surface area is 117 Å². The van der Waals surface area contributed by atoms with Crippen LogP contribution in [0.1, 0.15) is 5.69 Å². The first kappa shape index (κ1) is 14.8. The van der Waals surface area contributed by atoms with E-state index in [-0.39, 0.29) is 12.2 Å². The number of carboxylic acids is 1. The summed E-state index contributed by atoms with van der Waals surface area (Å²) in [7, 11) is 0. The van der Waals surface area contributed by atoms with E-state index in [1.165, 1.54) is 24.3 Å². The van der Waals surface area contributed by atoms with Gasteiger partial charge in [0.15, 0.2) is 0 Å². The zero-order valence-electron chi connectivity index (χ0n) is 10.6. The normalized spacial score (nSPS) is 11.2. The van der Waals surface area contributed by atoms with Crippen LogP contribution in [-0.2, 0) is 11.2 Å². The standard InChI is InChI=1S/C14H10F3NO3/c15-14(16,17)21-11-6-4-9(5-7-11)12-3-1-2-10(18-12)8-13(19)20/h1-7H,8H2,(H,19,20). The van der Waals surface area contributed by atoms with Crippen molar-refractivity contribution in [1.29, 1.82) is 0 Å². The van der Waals surface area contributed by atoms with Gasteiger partial charge in [-0.3, -0.25) is 9.78 Å². The number of carboxylic acid groups (broad SMARTS) is 1. The molecule has 0 unspecified atom stereocenters. The molecular formula is C14H10F3NO3. The lowest BCUT2D eigenvalue weighted by Crippen LogP contribution is -2.16. The van der Waals surface area contributed by atoms with E-state index in [9.17, 15) is 18.0 Å². The zero-order chi connectivity index (χ0) is 15.5. The molecule has 0 aliphatic heterocycles. The molecule has 1 heterocycles. The summed E-state index contributed by atoms with van der Waals surface area (Å²) in [5.41, 5.74) is 1.42. The first-order valence-electron chi connectivity index (χ1n) is 5.87. The summed E-state index contributed by atoms with van der Waals surface area (Å²) in [6.45, 7) is 0. The minimum Gasteiger partial charge on any atom is -0.481 e. The van der Waals surface area contributed by atoms with E-state index in [4.69, 9.17) is 5.11 Å². The monoisotopic (exact) mass is 297 g/mol. The molecule has 0 aliphatic rings. The molecule has 1 aromatic carbocycles. The summed E-state index contributed by atoms with van der Waals surface area (Å²) in [6, 6.07) is 10.1. The average molecular weight is 297 g/mol. The summed E-state index contributed by atoms with van der Waals surface area (Å²) < 4.78 is 39.9. The van der Waals surface area contributed by atoms with Gasteiger partial charge in [-0.25, -0.2) is 0 Å². The van der Waals surface area contributed by atoms with Gasteiger partial charge in [-0.1, -0.05) is 6.07 Å². The van der Waals surface area contributed by atoms with Crippen molar-refractivity contribution in [2.45, 2.75) is 12.8 Å². The van der Waals surface area contributed by atoms with E-state index < -0.39 is 12.3 Å². The van der Waals surface area contributed by atoms with E-state index in [2.05, 4.69) is 9.72 Å². The third-order valence-corrected chi connectivity index (χ3v) is 2.52. The molecular weight excluding hydrogens is 287 g/mol. The third-order valence-electron chi connectivity index (χ3n) is 2.52. The number of aromatic nitrogens is 1. The lowest BCUT2D eigenvalue weighted by atomic mass is 10.1. The van der Waals surface area contributed by atoms with Crippen molar-refractivity contribution in [3.63, 3.8) is 0 Å². The first-order valence-corrected chi connectivity index (χ1v) is 5.87. The summed E-state index contributed by atoms with van der Waals surface area (Å²) in [5.74, 6) is -1.33. The number of aliphatic carboxylic acids is 1. The van der Waals surface area contributed by atoms with Gasteiger partial charge >= 0.3 is 12.3 Å². The predicted octanol–water partition coefficient (Wildman–Crippen LogP) is 3.27. The quantitative estimate of drug-likeness (QED) is 0.941. The SMILES string of the molecule is O=C(O)Cc1cccc(-c2ccc(OC(F)(F)F)cc2)n1. The molecule has 2 aromatic rings. The van der Waals surface area contributed by atoms with Crippen LogP contribution in [-0.4, -0.2) is 22.4 Å². The van der Waals surface area contributed by atoms with Crippen LogP contribution in [0.2, 0.25) is 0 Å². The van der Waals surface area contributed by atoms with Gasteiger partial charge in [0.25, 0.3) is 0 Å². The average Bonchev–Trinajstić information content (AvgIpc) is 2.37. The van der Waals surface area contributed by atoms with E-state index >= 15 is 0 Å².